The Hall–Kier alpha value is -1.34. The first-order valence-electron chi connectivity index (χ1n) is 7.68. The van der Waals surface area contributed by atoms with Crippen molar-refractivity contribution in [2.75, 3.05) is 13.7 Å². The molecule has 23 heavy (non-hydrogen) atoms. The fourth-order valence-electron chi connectivity index (χ4n) is 2.44. The Bertz CT molecular complexity index is 452. The molecule has 1 fully saturated rings. The number of amides is 1. The standard InChI is InChI=1S/C16H29NO6/c1-14(2,3)23-13(19)17-11(15(4,5)12(18)20-8)10-9-21-16(6,7)22-10/h10-11H,9H2,1-8H3,(H,17,19). The van der Waals surface area contributed by atoms with Gasteiger partial charge in [-0.25, -0.2) is 4.79 Å². The highest BCUT2D eigenvalue weighted by atomic mass is 16.7. The lowest BCUT2D eigenvalue weighted by Crippen LogP contribution is -2.57. The van der Waals surface area contributed by atoms with Crippen molar-refractivity contribution in [1.29, 1.82) is 0 Å². The van der Waals surface area contributed by atoms with Gasteiger partial charge in [0.15, 0.2) is 5.79 Å². The molecule has 1 amide bonds. The fraction of sp³-hybridized carbons (Fsp3) is 0.875. The molecule has 0 aromatic rings. The van der Waals surface area contributed by atoms with E-state index >= 15 is 0 Å². The molecular formula is C16H29NO6. The first-order valence-corrected chi connectivity index (χ1v) is 7.68. The third kappa shape index (κ3) is 5.35. The normalized spacial score (nSPS) is 22.3. The zero-order chi connectivity index (χ0) is 18.1. The highest BCUT2D eigenvalue weighted by molar-refractivity contribution is 5.78. The predicted octanol–water partition coefficient (Wildman–Crippen LogP) is 2.23. The lowest BCUT2D eigenvalue weighted by atomic mass is 9.81. The minimum absolute atomic E-state index is 0.258. The first-order chi connectivity index (χ1) is 10.3. The van der Waals surface area contributed by atoms with E-state index < -0.39 is 41.0 Å². The van der Waals surface area contributed by atoms with E-state index in [-0.39, 0.29) is 6.61 Å². The molecule has 1 N–H and O–H groups in total. The van der Waals surface area contributed by atoms with Crippen LogP contribution in [0.3, 0.4) is 0 Å². The number of hydrogen-bond donors (Lipinski definition) is 1. The van der Waals surface area contributed by atoms with E-state index in [9.17, 15) is 9.59 Å². The van der Waals surface area contributed by atoms with Gasteiger partial charge in [-0.2, -0.15) is 0 Å². The number of esters is 1. The number of rotatable bonds is 4. The van der Waals surface area contributed by atoms with Crippen LogP contribution in [0.2, 0.25) is 0 Å². The predicted molar refractivity (Wildman–Crippen MR) is 83.9 cm³/mol. The van der Waals surface area contributed by atoms with Crippen molar-refractivity contribution < 1.29 is 28.5 Å². The van der Waals surface area contributed by atoms with Crippen LogP contribution in [0.25, 0.3) is 0 Å². The third-order valence-electron chi connectivity index (χ3n) is 3.56. The first kappa shape index (κ1) is 19.7. The van der Waals surface area contributed by atoms with Gasteiger partial charge >= 0.3 is 12.1 Å². The van der Waals surface area contributed by atoms with E-state index in [0.29, 0.717) is 0 Å². The minimum Gasteiger partial charge on any atom is -0.469 e. The zero-order valence-electron chi connectivity index (χ0n) is 15.3. The average molecular weight is 331 g/mol. The van der Waals surface area contributed by atoms with Crippen molar-refractivity contribution >= 4 is 12.1 Å². The molecule has 1 saturated heterocycles. The van der Waals surface area contributed by atoms with Gasteiger partial charge in [-0.05, 0) is 48.5 Å². The quantitative estimate of drug-likeness (QED) is 0.795. The average Bonchev–Trinajstić information content (AvgIpc) is 2.72. The van der Waals surface area contributed by atoms with Gasteiger partial charge in [0.05, 0.1) is 25.2 Å². The molecule has 0 aromatic heterocycles. The lowest BCUT2D eigenvalue weighted by molar-refractivity contribution is -0.162. The molecule has 1 aliphatic heterocycles. The van der Waals surface area contributed by atoms with Crippen LogP contribution in [0.1, 0.15) is 48.5 Å². The van der Waals surface area contributed by atoms with Crippen LogP contribution in [0.5, 0.6) is 0 Å². The maximum Gasteiger partial charge on any atom is 0.407 e. The molecule has 7 nitrogen and oxygen atoms in total. The summed E-state index contributed by atoms with van der Waals surface area (Å²) in [5.74, 6) is -1.23. The molecule has 0 bridgehead atoms. The summed E-state index contributed by atoms with van der Waals surface area (Å²) in [5.41, 5.74) is -1.66. The topological polar surface area (TPSA) is 83.1 Å². The Labute approximate surface area is 138 Å². The van der Waals surface area contributed by atoms with Gasteiger partial charge in [0.2, 0.25) is 0 Å². The second kappa shape index (κ2) is 6.65. The van der Waals surface area contributed by atoms with Crippen LogP contribution in [0, 0.1) is 5.41 Å². The number of hydrogen-bond acceptors (Lipinski definition) is 6. The number of alkyl carbamates (subject to hydrolysis) is 1. The molecule has 0 aliphatic carbocycles. The summed E-state index contributed by atoms with van der Waals surface area (Å²) >= 11 is 0. The highest BCUT2D eigenvalue weighted by Gasteiger charge is 2.49. The van der Waals surface area contributed by atoms with Crippen molar-refractivity contribution in [3.05, 3.63) is 0 Å². The van der Waals surface area contributed by atoms with Gasteiger partial charge in [-0.1, -0.05) is 0 Å². The lowest BCUT2D eigenvalue weighted by Gasteiger charge is -2.36. The van der Waals surface area contributed by atoms with E-state index in [2.05, 4.69) is 5.32 Å². The number of ether oxygens (including phenoxy) is 4. The molecular weight excluding hydrogens is 302 g/mol. The SMILES string of the molecule is COC(=O)C(C)(C)C(NC(=O)OC(C)(C)C)C1COC(C)(C)O1. The molecule has 2 atom stereocenters. The maximum atomic E-state index is 12.2. The molecule has 1 aliphatic rings. The molecule has 0 spiro atoms. The number of methoxy groups -OCH3 is 1. The highest BCUT2D eigenvalue weighted by Crippen LogP contribution is 2.33. The van der Waals surface area contributed by atoms with Crippen molar-refractivity contribution in [2.45, 2.75) is 72.0 Å². The van der Waals surface area contributed by atoms with Gasteiger partial charge in [-0.15, -0.1) is 0 Å². The fourth-order valence-corrected chi connectivity index (χ4v) is 2.44. The van der Waals surface area contributed by atoms with Crippen molar-refractivity contribution in [2.24, 2.45) is 5.41 Å². The zero-order valence-corrected chi connectivity index (χ0v) is 15.3. The summed E-state index contributed by atoms with van der Waals surface area (Å²) in [4.78, 5) is 24.3. The molecule has 134 valence electrons. The molecule has 7 heteroatoms. The molecule has 1 rings (SSSR count). The van der Waals surface area contributed by atoms with E-state index in [1.54, 1.807) is 48.5 Å². The monoisotopic (exact) mass is 331 g/mol. The summed E-state index contributed by atoms with van der Waals surface area (Å²) in [7, 11) is 1.31. The van der Waals surface area contributed by atoms with Gasteiger partial charge in [-0.3, -0.25) is 4.79 Å². The van der Waals surface area contributed by atoms with Crippen LogP contribution in [-0.2, 0) is 23.7 Å². The molecule has 0 saturated carbocycles. The van der Waals surface area contributed by atoms with Gasteiger partial charge < -0.3 is 24.3 Å². The number of nitrogens with one attached hydrogen (secondary N) is 1. The Morgan fingerprint density at radius 1 is 1.22 bits per heavy atom. The van der Waals surface area contributed by atoms with Crippen LogP contribution < -0.4 is 5.32 Å². The Kier molecular flexibility index (Phi) is 5.70. The molecule has 2 unspecified atom stereocenters. The van der Waals surface area contributed by atoms with Gasteiger partial charge in [0, 0.05) is 0 Å². The molecule has 0 aromatic carbocycles. The van der Waals surface area contributed by atoms with Gasteiger partial charge in [0.25, 0.3) is 0 Å². The second-order valence-electron chi connectivity index (χ2n) is 7.70. The Morgan fingerprint density at radius 2 is 1.78 bits per heavy atom. The smallest absolute Gasteiger partial charge is 0.407 e. The van der Waals surface area contributed by atoms with Crippen molar-refractivity contribution in [3.63, 3.8) is 0 Å². The van der Waals surface area contributed by atoms with E-state index in [1.807, 2.05) is 0 Å². The van der Waals surface area contributed by atoms with Crippen LogP contribution in [-0.4, -0.2) is 49.3 Å². The van der Waals surface area contributed by atoms with E-state index in [1.165, 1.54) is 7.11 Å². The second-order valence-corrected chi connectivity index (χ2v) is 7.70. The largest absolute Gasteiger partial charge is 0.469 e. The van der Waals surface area contributed by atoms with Crippen LogP contribution in [0.4, 0.5) is 4.79 Å². The summed E-state index contributed by atoms with van der Waals surface area (Å²) in [6.45, 7) is 12.5. The van der Waals surface area contributed by atoms with Gasteiger partial charge in [0.1, 0.15) is 11.7 Å². The van der Waals surface area contributed by atoms with Crippen molar-refractivity contribution in [1.82, 2.24) is 5.32 Å². The van der Waals surface area contributed by atoms with E-state index in [4.69, 9.17) is 18.9 Å². The number of carbonyl (C=O) groups excluding carboxylic acids is 2. The summed E-state index contributed by atoms with van der Waals surface area (Å²) in [5, 5.41) is 2.74. The molecule has 1 heterocycles. The van der Waals surface area contributed by atoms with E-state index in [0.717, 1.165) is 0 Å². The maximum absolute atomic E-state index is 12.2. The minimum atomic E-state index is -1.01. The Balaban J connectivity index is 2.98. The van der Waals surface area contributed by atoms with Crippen LogP contribution >= 0.6 is 0 Å². The van der Waals surface area contributed by atoms with Crippen molar-refractivity contribution in [3.8, 4) is 0 Å². The summed E-state index contributed by atoms with van der Waals surface area (Å²) in [6, 6.07) is -0.661. The molecule has 0 radical (unpaired) electrons. The summed E-state index contributed by atoms with van der Waals surface area (Å²) < 4.78 is 21.5. The summed E-state index contributed by atoms with van der Waals surface area (Å²) in [6.07, 6.45) is -1.11. The van der Waals surface area contributed by atoms with Crippen LogP contribution in [0.15, 0.2) is 0 Å². The third-order valence-corrected chi connectivity index (χ3v) is 3.56. The number of carbonyl (C=O) groups is 2. The Morgan fingerprint density at radius 3 is 2.17 bits per heavy atom.